The minimum Gasteiger partial charge on any atom is -0.477 e. The summed E-state index contributed by atoms with van der Waals surface area (Å²) in [4.78, 5) is 27.0. The van der Waals surface area contributed by atoms with E-state index < -0.39 is 6.10 Å². The molecule has 1 aliphatic carbocycles. The number of ether oxygens (including phenoxy) is 1. The van der Waals surface area contributed by atoms with Crippen molar-refractivity contribution in [3.05, 3.63) is 59.2 Å². The SMILES string of the molecule is CNC(=O)[C@H]1CN(C(=O)c2ccc3c(c2)CCCC3)c2ccccc2O1. The maximum Gasteiger partial charge on any atom is 0.262 e. The Hall–Kier alpha value is -2.82. The maximum atomic E-state index is 13.2. The van der Waals surface area contributed by atoms with Gasteiger partial charge in [0.2, 0.25) is 0 Å². The number of hydrogen-bond acceptors (Lipinski definition) is 3. The molecule has 0 fully saturated rings. The number of fused-ring (bicyclic) bond motifs is 2. The highest BCUT2D eigenvalue weighted by atomic mass is 16.5. The van der Waals surface area contributed by atoms with E-state index >= 15 is 0 Å². The number of aryl methyl sites for hydroxylation is 2. The average molecular weight is 350 g/mol. The fourth-order valence-electron chi connectivity index (χ4n) is 3.75. The van der Waals surface area contributed by atoms with E-state index in [1.54, 1.807) is 18.0 Å². The Balaban J connectivity index is 1.69. The first-order chi connectivity index (χ1) is 12.7. The van der Waals surface area contributed by atoms with E-state index in [1.165, 1.54) is 24.0 Å². The fourth-order valence-corrected chi connectivity index (χ4v) is 3.75. The van der Waals surface area contributed by atoms with Gasteiger partial charge in [-0.1, -0.05) is 18.2 Å². The molecular formula is C21H22N2O3. The smallest absolute Gasteiger partial charge is 0.262 e. The first-order valence-electron chi connectivity index (χ1n) is 9.08. The van der Waals surface area contributed by atoms with Gasteiger partial charge in [0.05, 0.1) is 12.2 Å². The summed E-state index contributed by atoms with van der Waals surface area (Å²) < 4.78 is 5.79. The molecule has 0 spiro atoms. The van der Waals surface area contributed by atoms with Crippen LogP contribution in [0.1, 0.15) is 34.3 Å². The second-order valence-corrected chi connectivity index (χ2v) is 6.79. The normalized spacial score (nSPS) is 18.3. The van der Waals surface area contributed by atoms with Gasteiger partial charge in [0.15, 0.2) is 6.10 Å². The van der Waals surface area contributed by atoms with E-state index in [1.807, 2.05) is 30.3 Å². The van der Waals surface area contributed by atoms with Crippen LogP contribution in [-0.2, 0) is 17.6 Å². The van der Waals surface area contributed by atoms with Crippen LogP contribution in [0.2, 0.25) is 0 Å². The van der Waals surface area contributed by atoms with Crippen LogP contribution in [0.15, 0.2) is 42.5 Å². The molecule has 0 saturated heterocycles. The summed E-state index contributed by atoms with van der Waals surface area (Å²) in [5.74, 6) is 0.226. The molecule has 1 aliphatic heterocycles. The minimum atomic E-state index is -0.712. The molecule has 1 atom stereocenters. The lowest BCUT2D eigenvalue weighted by molar-refractivity contribution is -0.127. The molecule has 0 bridgehead atoms. The second-order valence-electron chi connectivity index (χ2n) is 6.79. The topological polar surface area (TPSA) is 58.6 Å². The third kappa shape index (κ3) is 2.94. The quantitative estimate of drug-likeness (QED) is 0.906. The zero-order valence-electron chi connectivity index (χ0n) is 14.8. The van der Waals surface area contributed by atoms with Gasteiger partial charge in [-0.2, -0.15) is 0 Å². The number of nitrogens with zero attached hydrogens (tertiary/aromatic N) is 1. The van der Waals surface area contributed by atoms with Gasteiger partial charge in [-0.3, -0.25) is 9.59 Å². The van der Waals surface area contributed by atoms with E-state index in [2.05, 4.69) is 11.4 Å². The largest absolute Gasteiger partial charge is 0.477 e. The molecule has 5 heteroatoms. The van der Waals surface area contributed by atoms with Crippen LogP contribution in [0.5, 0.6) is 5.75 Å². The van der Waals surface area contributed by atoms with Gasteiger partial charge in [-0.05, 0) is 61.1 Å². The van der Waals surface area contributed by atoms with E-state index in [9.17, 15) is 9.59 Å². The molecule has 2 amide bonds. The van der Waals surface area contributed by atoms with Crippen molar-refractivity contribution in [2.45, 2.75) is 31.8 Å². The summed E-state index contributed by atoms with van der Waals surface area (Å²) in [6.45, 7) is 0.201. The highest BCUT2D eigenvalue weighted by Crippen LogP contribution is 2.34. The third-order valence-corrected chi connectivity index (χ3v) is 5.15. The Morgan fingerprint density at radius 3 is 2.65 bits per heavy atom. The van der Waals surface area contributed by atoms with Crippen molar-refractivity contribution in [3.8, 4) is 5.75 Å². The number of hydrogen-bond donors (Lipinski definition) is 1. The number of amides is 2. The van der Waals surface area contributed by atoms with Crippen LogP contribution in [0.3, 0.4) is 0 Å². The van der Waals surface area contributed by atoms with Crippen molar-refractivity contribution < 1.29 is 14.3 Å². The van der Waals surface area contributed by atoms with Crippen LogP contribution in [0, 0.1) is 0 Å². The fraction of sp³-hybridized carbons (Fsp3) is 0.333. The maximum absolute atomic E-state index is 13.2. The summed E-state index contributed by atoms with van der Waals surface area (Å²) in [6, 6.07) is 13.3. The summed E-state index contributed by atoms with van der Waals surface area (Å²) in [6.07, 6.45) is 3.78. The predicted octanol–water partition coefficient (Wildman–Crippen LogP) is 2.72. The zero-order valence-corrected chi connectivity index (χ0v) is 14.8. The highest BCUT2D eigenvalue weighted by molar-refractivity contribution is 6.08. The standard InChI is InChI=1S/C21H22N2O3/c1-22-20(24)19-13-23(17-8-4-5-9-18(17)26-19)21(25)16-11-10-14-6-2-3-7-15(14)12-16/h4-5,8-12,19H,2-3,6-7,13H2,1H3,(H,22,24)/t19-/m1/s1. The highest BCUT2D eigenvalue weighted by Gasteiger charge is 2.33. The molecule has 0 unspecified atom stereocenters. The van der Waals surface area contributed by atoms with Gasteiger partial charge < -0.3 is 15.0 Å². The van der Waals surface area contributed by atoms with Crippen molar-refractivity contribution in [3.63, 3.8) is 0 Å². The Kier molecular flexibility index (Phi) is 4.37. The summed E-state index contributed by atoms with van der Waals surface area (Å²) in [5.41, 5.74) is 3.98. The van der Waals surface area contributed by atoms with Crippen LogP contribution < -0.4 is 15.0 Å². The Morgan fingerprint density at radius 2 is 1.85 bits per heavy atom. The average Bonchev–Trinajstić information content (AvgIpc) is 2.71. The molecule has 26 heavy (non-hydrogen) atoms. The molecule has 0 saturated carbocycles. The minimum absolute atomic E-state index is 0.0944. The molecule has 2 aliphatic rings. The van der Waals surface area contributed by atoms with Crippen molar-refractivity contribution in [2.75, 3.05) is 18.5 Å². The predicted molar refractivity (Wildman–Crippen MR) is 99.7 cm³/mol. The van der Waals surface area contributed by atoms with Gasteiger partial charge in [-0.15, -0.1) is 0 Å². The lowest BCUT2D eigenvalue weighted by Gasteiger charge is -2.34. The molecule has 0 radical (unpaired) electrons. The van der Waals surface area contributed by atoms with Crippen molar-refractivity contribution >= 4 is 17.5 Å². The monoisotopic (exact) mass is 350 g/mol. The van der Waals surface area contributed by atoms with Crippen molar-refractivity contribution in [1.82, 2.24) is 5.32 Å². The molecule has 2 aromatic carbocycles. The molecular weight excluding hydrogens is 328 g/mol. The molecule has 1 heterocycles. The number of carbonyl (C=O) groups is 2. The molecule has 1 N–H and O–H groups in total. The number of anilines is 1. The second kappa shape index (κ2) is 6.83. The Morgan fingerprint density at radius 1 is 1.08 bits per heavy atom. The van der Waals surface area contributed by atoms with E-state index in [4.69, 9.17) is 4.74 Å². The lowest BCUT2D eigenvalue weighted by atomic mass is 9.90. The summed E-state index contributed by atoms with van der Waals surface area (Å²) in [7, 11) is 1.57. The van der Waals surface area contributed by atoms with Crippen molar-refractivity contribution in [2.24, 2.45) is 0 Å². The lowest BCUT2D eigenvalue weighted by Crippen LogP contribution is -2.50. The molecule has 5 nitrogen and oxygen atoms in total. The van der Waals surface area contributed by atoms with Gasteiger partial charge in [-0.25, -0.2) is 0 Å². The zero-order chi connectivity index (χ0) is 18.1. The Labute approximate surface area is 153 Å². The van der Waals surface area contributed by atoms with Gasteiger partial charge in [0.1, 0.15) is 5.75 Å². The number of likely N-dealkylation sites (N-methyl/N-ethyl adjacent to an activating group) is 1. The first-order valence-corrected chi connectivity index (χ1v) is 9.08. The number of para-hydroxylation sites is 2. The summed E-state index contributed by atoms with van der Waals surface area (Å²) >= 11 is 0. The molecule has 2 aromatic rings. The number of carbonyl (C=O) groups excluding carboxylic acids is 2. The van der Waals surface area contributed by atoms with Crippen LogP contribution in [0.25, 0.3) is 0 Å². The third-order valence-electron chi connectivity index (χ3n) is 5.15. The van der Waals surface area contributed by atoms with Crippen molar-refractivity contribution in [1.29, 1.82) is 0 Å². The van der Waals surface area contributed by atoms with E-state index in [0.29, 0.717) is 17.0 Å². The molecule has 0 aromatic heterocycles. The first kappa shape index (κ1) is 16.6. The van der Waals surface area contributed by atoms with E-state index in [0.717, 1.165) is 12.8 Å². The number of rotatable bonds is 2. The van der Waals surface area contributed by atoms with Crippen LogP contribution in [0.4, 0.5) is 5.69 Å². The van der Waals surface area contributed by atoms with Gasteiger partial charge in [0.25, 0.3) is 11.8 Å². The summed E-state index contributed by atoms with van der Waals surface area (Å²) in [5, 5.41) is 2.60. The Bertz CT molecular complexity index is 862. The van der Waals surface area contributed by atoms with E-state index in [-0.39, 0.29) is 18.4 Å². The van der Waals surface area contributed by atoms with Gasteiger partial charge in [0, 0.05) is 12.6 Å². The van der Waals surface area contributed by atoms with Crippen LogP contribution >= 0.6 is 0 Å². The number of benzene rings is 2. The number of nitrogens with one attached hydrogen (secondary N) is 1. The molecule has 4 rings (SSSR count). The molecule has 134 valence electrons. The van der Waals surface area contributed by atoms with Gasteiger partial charge >= 0.3 is 0 Å². The van der Waals surface area contributed by atoms with Crippen LogP contribution in [-0.4, -0.2) is 31.5 Å².